The standard InChI is InChI=1S/C11H17BrN4/c12-9-7-14-11(15-8-9)16(6-5-13)10-3-1-2-4-10/h7-8,10H,1-6,13H2. The maximum absolute atomic E-state index is 5.66. The number of aromatic nitrogens is 2. The summed E-state index contributed by atoms with van der Waals surface area (Å²) >= 11 is 3.35. The molecule has 1 fully saturated rings. The van der Waals surface area contributed by atoms with Crippen LogP contribution in [0.15, 0.2) is 16.9 Å². The van der Waals surface area contributed by atoms with Crippen molar-refractivity contribution in [2.75, 3.05) is 18.0 Å². The molecule has 0 aliphatic heterocycles. The summed E-state index contributed by atoms with van der Waals surface area (Å²) in [6.07, 6.45) is 8.67. The SMILES string of the molecule is NCCN(c1ncc(Br)cn1)C1CCCC1. The third kappa shape index (κ3) is 2.71. The monoisotopic (exact) mass is 284 g/mol. The van der Waals surface area contributed by atoms with E-state index in [9.17, 15) is 0 Å². The van der Waals surface area contributed by atoms with Gasteiger partial charge in [0, 0.05) is 31.5 Å². The molecule has 1 aliphatic rings. The van der Waals surface area contributed by atoms with Crippen molar-refractivity contribution >= 4 is 21.9 Å². The molecule has 0 spiro atoms. The lowest BCUT2D eigenvalue weighted by Gasteiger charge is -2.28. The normalized spacial score (nSPS) is 16.6. The molecule has 0 radical (unpaired) electrons. The zero-order chi connectivity index (χ0) is 11.4. The average molecular weight is 285 g/mol. The first kappa shape index (κ1) is 11.8. The Morgan fingerprint density at radius 1 is 1.31 bits per heavy atom. The fourth-order valence-electron chi connectivity index (χ4n) is 2.25. The highest BCUT2D eigenvalue weighted by atomic mass is 79.9. The largest absolute Gasteiger partial charge is 0.337 e. The zero-order valence-electron chi connectivity index (χ0n) is 9.27. The van der Waals surface area contributed by atoms with Gasteiger partial charge in [0.15, 0.2) is 0 Å². The van der Waals surface area contributed by atoms with E-state index in [4.69, 9.17) is 5.73 Å². The second-order valence-corrected chi connectivity index (χ2v) is 5.04. The highest BCUT2D eigenvalue weighted by Gasteiger charge is 2.23. The quantitative estimate of drug-likeness (QED) is 0.918. The lowest BCUT2D eigenvalue weighted by atomic mass is 10.2. The fraction of sp³-hybridized carbons (Fsp3) is 0.636. The van der Waals surface area contributed by atoms with E-state index in [1.807, 2.05) is 0 Å². The maximum atomic E-state index is 5.66. The molecule has 16 heavy (non-hydrogen) atoms. The summed E-state index contributed by atoms with van der Waals surface area (Å²) in [6, 6.07) is 0.574. The van der Waals surface area contributed by atoms with Crippen molar-refractivity contribution in [2.24, 2.45) is 5.73 Å². The van der Waals surface area contributed by atoms with E-state index in [1.54, 1.807) is 12.4 Å². The van der Waals surface area contributed by atoms with E-state index in [2.05, 4.69) is 30.8 Å². The Morgan fingerprint density at radius 3 is 2.50 bits per heavy atom. The van der Waals surface area contributed by atoms with Gasteiger partial charge in [-0.3, -0.25) is 0 Å². The lowest BCUT2D eigenvalue weighted by molar-refractivity contribution is 0.594. The number of anilines is 1. The molecule has 1 aliphatic carbocycles. The molecule has 0 amide bonds. The molecule has 0 unspecified atom stereocenters. The molecule has 1 aromatic heterocycles. The summed E-state index contributed by atoms with van der Waals surface area (Å²) in [5.41, 5.74) is 5.66. The van der Waals surface area contributed by atoms with Crippen molar-refractivity contribution in [2.45, 2.75) is 31.7 Å². The number of rotatable bonds is 4. The number of hydrogen-bond acceptors (Lipinski definition) is 4. The minimum absolute atomic E-state index is 0.574. The minimum Gasteiger partial charge on any atom is -0.337 e. The van der Waals surface area contributed by atoms with Gasteiger partial charge in [-0.2, -0.15) is 0 Å². The van der Waals surface area contributed by atoms with Crippen LogP contribution in [-0.4, -0.2) is 29.1 Å². The molecule has 88 valence electrons. The first-order valence-electron chi connectivity index (χ1n) is 5.75. The topological polar surface area (TPSA) is 55.0 Å². The van der Waals surface area contributed by atoms with Crippen LogP contribution in [-0.2, 0) is 0 Å². The molecule has 2 N–H and O–H groups in total. The molecule has 0 saturated heterocycles. The Hall–Kier alpha value is -0.680. The minimum atomic E-state index is 0.574. The van der Waals surface area contributed by atoms with Gasteiger partial charge >= 0.3 is 0 Å². The van der Waals surface area contributed by atoms with Crippen LogP contribution in [0.25, 0.3) is 0 Å². The Kier molecular flexibility index (Phi) is 4.12. The van der Waals surface area contributed by atoms with Gasteiger partial charge in [-0.05, 0) is 28.8 Å². The van der Waals surface area contributed by atoms with E-state index < -0.39 is 0 Å². The summed E-state index contributed by atoms with van der Waals surface area (Å²) in [4.78, 5) is 11.0. The second kappa shape index (κ2) is 5.59. The summed E-state index contributed by atoms with van der Waals surface area (Å²) in [5.74, 6) is 0.806. The smallest absolute Gasteiger partial charge is 0.225 e. The van der Waals surface area contributed by atoms with Gasteiger partial charge in [-0.1, -0.05) is 12.8 Å². The Labute approximate surface area is 104 Å². The third-order valence-corrected chi connectivity index (χ3v) is 3.41. The molecule has 1 aromatic rings. The molecule has 1 heterocycles. The van der Waals surface area contributed by atoms with Crippen LogP contribution < -0.4 is 10.6 Å². The third-order valence-electron chi connectivity index (χ3n) is 3.00. The molecule has 0 atom stereocenters. The van der Waals surface area contributed by atoms with Gasteiger partial charge in [0.1, 0.15) is 0 Å². The molecular weight excluding hydrogens is 268 g/mol. The van der Waals surface area contributed by atoms with Crippen LogP contribution in [0.1, 0.15) is 25.7 Å². The Balaban J connectivity index is 2.14. The molecular formula is C11H17BrN4. The first-order valence-corrected chi connectivity index (χ1v) is 6.55. The van der Waals surface area contributed by atoms with Crippen molar-refractivity contribution in [1.82, 2.24) is 9.97 Å². The molecule has 5 heteroatoms. The zero-order valence-corrected chi connectivity index (χ0v) is 10.9. The predicted octanol–water partition coefficient (Wildman–Crippen LogP) is 1.95. The Bertz CT molecular complexity index is 321. The molecule has 0 aromatic carbocycles. The molecule has 2 rings (SSSR count). The van der Waals surface area contributed by atoms with Gasteiger partial charge in [0.2, 0.25) is 5.95 Å². The van der Waals surface area contributed by atoms with Crippen molar-refractivity contribution in [3.63, 3.8) is 0 Å². The van der Waals surface area contributed by atoms with Crippen molar-refractivity contribution in [1.29, 1.82) is 0 Å². The first-order chi connectivity index (χ1) is 7.81. The van der Waals surface area contributed by atoms with Crippen LogP contribution in [0.5, 0.6) is 0 Å². The van der Waals surface area contributed by atoms with Gasteiger partial charge in [0.25, 0.3) is 0 Å². The van der Waals surface area contributed by atoms with Crippen LogP contribution in [0.2, 0.25) is 0 Å². The van der Waals surface area contributed by atoms with Gasteiger partial charge < -0.3 is 10.6 Å². The fourth-order valence-corrected chi connectivity index (χ4v) is 2.46. The van der Waals surface area contributed by atoms with Crippen molar-refractivity contribution in [3.05, 3.63) is 16.9 Å². The van der Waals surface area contributed by atoms with Gasteiger partial charge in [-0.15, -0.1) is 0 Å². The number of hydrogen-bond donors (Lipinski definition) is 1. The van der Waals surface area contributed by atoms with E-state index in [0.717, 1.165) is 17.0 Å². The summed E-state index contributed by atoms with van der Waals surface area (Å²) in [7, 11) is 0. The number of nitrogens with zero attached hydrogens (tertiary/aromatic N) is 3. The van der Waals surface area contributed by atoms with Crippen LogP contribution in [0.3, 0.4) is 0 Å². The van der Waals surface area contributed by atoms with Crippen molar-refractivity contribution < 1.29 is 0 Å². The second-order valence-electron chi connectivity index (χ2n) is 4.12. The highest BCUT2D eigenvalue weighted by molar-refractivity contribution is 9.10. The Morgan fingerprint density at radius 2 is 1.94 bits per heavy atom. The van der Waals surface area contributed by atoms with Crippen LogP contribution in [0, 0.1) is 0 Å². The van der Waals surface area contributed by atoms with Gasteiger partial charge in [0.05, 0.1) is 4.47 Å². The number of nitrogens with two attached hydrogens (primary N) is 1. The van der Waals surface area contributed by atoms with Crippen LogP contribution in [0.4, 0.5) is 5.95 Å². The van der Waals surface area contributed by atoms with E-state index in [1.165, 1.54) is 25.7 Å². The number of halogens is 1. The van der Waals surface area contributed by atoms with E-state index in [-0.39, 0.29) is 0 Å². The molecule has 4 nitrogen and oxygen atoms in total. The van der Waals surface area contributed by atoms with Crippen molar-refractivity contribution in [3.8, 4) is 0 Å². The lowest BCUT2D eigenvalue weighted by Crippen LogP contribution is -2.38. The van der Waals surface area contributed by atoms with Crippen LogP contribution >= 0.6 is 15.9 Å². The molecule has 1 saturated carbocycles. The van der Waals surface area contributed by atoms with E-state index >= 15 is 0 Å². The molecule has 0 bridgehead atoms. The average Bonchev–Trinajstić information content (AvgIpc) is 2.81. The van der Waals surface area contributed by atoms with Gasteiger partial charge in [-0.25, -0.2) is 9.97 Å². The highest BCUT2D eigenvalue weighted by Crippen LogP contribution is 2.26. The summed E-state index contributed by atoms with van der Waals surface area (Å²) < 4.78 is 0.912. The predicted molar refractivity (Wildman–Crippen MR) is 68.4 cm³/mol. The maximum Gasteiger partial charge on any atom is 0.225 e. The summed E-state index contributed by atoms with van der Waals surface area (Å²) in [6.45, 7) is 1.49. The summed E-state index contributed by atoms with van der Waals surface area (Å²) in [5, 5.41) is 0. The van der Waals surface area contributed by atoms with E-state index in [0.29, 0.717) is 12.6 Å².